The van der Waals surface area contributed by atoms with Crippen molar-refractivity contribution in [3.8, 4) is 12.1 Å². The number of hydrogen-bond acceptors (Lipinski definition) is 3. The molecule has 0 aliphatic heterocycles. The van der Waals surface area contributed by atoms with Crippen LogP contribution in [0.25, 0.3) is 0 Å². The average Bonchev–Trinajstić information content (AvgIpc) is 2.26. The molecule has 0 atom stereocenters. The standard InChI is InChI=1S/C11H7F3N2S/c1-5(2)17-11-7(4-16)8(12)6(3-15)9(13)10(11)14/h5H,1-2H3. The highest BCUT2D eigenvalue weighted by atomic mass is 32.2. The smallest absolute Gasteiger partial charge is 0.180 e. The molecule has 1 aromatic carbocycles. The SMILES string of the molecule is CC(C)Sc1c(F)c(F)c(C#N)c(F)c1C#N. The molecule has 0 saturated carbocycles. The highest BCUT2D eigenvalue weighted by Crippen LogP contribution is 2.34. The Kier molecular flexibility index (Phi) is 4.03. The highest BCUT2D eigenvalue weighted by Gasteiger charge is 2.25. The Morgan fingerprint density at radius 3 is 1.88 bits per heavy atom. The van der Waals surface area contributed by atoms with E-state index >= 15 is 0 Å². The number of nitrogens with zero attached hydrogens (tertiary/aromatic N) is 2. The van der Waals surface area contributed by atoms with Crippen LogP contribution >= 0.6 is 11.8 Å². The predicted molar refractivity (Wildman–Crippen MR) is 56.7 cm³/mol. The maximum absolute atomic E-state index is 13.6. The van der Waals surface area contributed by atoms with Crippen molar-refractivity contribution in [3.05, 3.63) is 28.6 Å². The van der Waals surface area contributed by atoms with Gasteiger partial charge in [-0.1, -0.05) is 13.8 Å². The van der Waals surface area contributed by atoms with Gasteiger partial charge >= 0.3 is 0 Å². The van der Waals surface area contributed by atoms with Crippen molar-refractivity contribution in [1.82, 2.24) is 0 Å². The van der Waals surface area contributed by atoms with Crippen molar-refractivity contribution < 1.29 is 13.2 Å². The minimum atomic E-state index is -1.55. The van der Waals surface area contributed by atoms with Gasteiger partial charge in [0, 0.05) is 5.25 Å². The summed E-state index contributed by atoms with van der Waals surface area (Å²) < 4.78 is 40.5. The van der Waals surface area contributed by atoms with E-state index in [4.69, 9.17) is 10.5 Å². The molecule has 0 heterocycles. The molecule has 0 aliphatic rings. The molecule has 0 unspecified atom stereocenters. The first-order valence-corrected chi connectivity index (χ1v) is 5.49. The molecule has 1 rings (SSSR count). The topological polar surface area (TPSA) is 47.6 Å². The number of benzene rings is 1. The minimum Gasteiger partial charge on any atom is -0.204 e. The largest absolute Gasteiger partial charge is 0.204 e. The van der Waals surface area contributed by atoms with Crippen LogP contribution in [0.2, 0.25) is 0 Å². The van der Waals surface area contributed by atoms with E-state index < -0.39 is 33.5 Å². The van der Waals surface area contributed by atoms with E-state index in [2.05, 4.69) is 0 Å². The van der Waals surface area contributed by atoms with Gasteiger partial charge in [-0.05, 0) is 0 Å². The van der Waals surface area contributed by atoms with E-state index in [1.54, 1.807) is 13.8 Å². The quantitative estimate of drug-likeness (QED) is 0.602. The summed E-state index contributed by atoms with van der Waals surface area (Å²) in [6.07, 6.45) is 0. The summed E-state index contributed by atoms with van der Waals surface area (Å²) in [6, 6.07) is 2.67. The molecule has 0 aromatic heterocycles. The summed E-state index contributed by atoms with van der Waals surface area (Å²) in [5, 5.41) is 17.1. The third-order valence-electron chi connectivity index (χ3n) is 1.85. The summed E-state index contributed by atoms with van der Waals surface area (Å²) >= 11 is 0.837. The Morgan fingerprint density at radius 2 is 1.47 bits per heavy atom. The zero-order chi connectivity index (χ0) is 13.2. The molecule has 0 amide bonds. The normalized spacial score (nSPS) is 10.1. The van der Waals surface area contributed by atoms with Gasteiger partial charge < -0.3 is 0 Å². The first-order valence-electron chi connectivity index (χ1n) is 4.61. The van der Waals surface area contributed by atoms with Gasteiger partial charge in [0.05, 0.1) is 4.90 Å². The maximum Gasteiger partial charge on any atom is 0.180 e. The van der Waals surface area contributed by atoms with Crippen molar-refractivity contribution in [2.45, 2.75) is 24.0 Å². The Bertz CT molecular complexity index is 541. The second kappa shape index (κ2) is 5.11. The van der Waals surface area contributed by atoms with Crippen LogP contribution in [-0.4, -0.2) is 5.25 Å². The van der Waals surface area contributed by atoms with Crippen LogP contribution in [0.3, 0.4) is 0 Å². The molecule has 0 radical (unpaired) electrons. The molecule has 0 saturated heterocycles. The molecule has 0 N–H and O–H groups in total. The Hall–Kier alpha value is -1.66. The fourth-order valence-corrected chi connectivity index (χ4v) is 2.10. The lowest BCUT2D eigenvalue weighted by Crippen LogP contribution is -2.04. The first-order chi connectivity index (χ1) is 7.93. The molecular formula is C11H7F3N2S. The average molecular weight is 256 g/mol. The lowest BCUT2D eigenvalue weighted by atomic mass is 10.1. The van der Waals surface area contributed by atoms with Gasteiger partial charge in [-0.2, -0.15) is 10.5 Å². The molecule has 0 bridgehead atoms. The number of halogens is 3. The predicted octanol–water partition coefficient (Wildman–Crippen LogP) is 3.35. The summed E-state index contributed by atoms with van der Waals surface area (Å²) in [4.78, 5) is -0.392. The zero-order valence-electron chi connectivity index (χ0n) is 9.01. The first kappa shape index (κ1) is 13.4. The number of thioether (sulfide) groups is 1. The molecule has 88 valence electrons. The summed E-state index contributed by atoms with van der Waals surface area (Å²) in [5.74, 6) is -4.21. The monoisotopic (exact) mass is 256 g/mol. The van der Waals surface area contributed by atoms with Crippen molar-refractivity contribution in [3.63, 3.8) is 0 Å². The summed E-state index contributed by atoms with van der Waals surface area (Å²) in [5.41, 5.74) is -1.69. The molecular weight excluding hydrogens is 249 g/mol. The van der Waals surface area contributed by atoms with Crippen molar-refractivity contribution in [1.29, 1.82) is 10.5 Å². The van der Waals surface area contributed by atoms with Gasteiger partial charge in [0.15, 0.2) is 17.5 Å². The van der Waals surface area contributed by atoms with Gasteiger partial charge in [0.25, 0.3) is 0 Å². The second-order valence-corrected chi connectivity index (χ2v) is 5.00. The van der Waals surface area contributed by atoms with Crippen LogP contribution in [-0.2, 0) is 0 Å². The number of nitriles is 2. The lowest BCUT2D eigenvalue weighted by Gasteiger charge is -2.10. The van der Waals surface area contributed by atoms with Crippen LogP contribution in [0, 0.1) is 40.1 Å². The second-order valence-electron chi connectivity index (χ2n) is 3.41. The fraction of sp³-hybridized carbons (Fsp3) is 0.273. The van der Waals surface area contributed by atoms with Gasteiger partial charge in [-0.3, -0.25) is 0 Å². The van der Waals surface area contributed by atoms with Crippen LogP contribution in [0.15, 0.2) is 4.90 Å². The van der Waals surface area contributed by atoms with E-state index in [0.717, 1.165) is 11.8 Å². The molecule has 1 aromatic rings. The van der Waals surface area contributed by atoms with Crippen LogP contribution in [0.1, 0.15) is 25.0 Å². The highest BCUT2D eigenvalue weighted by molar-refractivity contribution is 8.00. The van der Waals surface area contributed by atoms with Crippen molar-refractivity contribution >= 4 is 11.8 Å². The number of rotatable bonds is 2. The summed E-state index contributed by atoms with van der Waals surface area (Å²) in [6.45, 7) is 3.39. The van der Waals surface area contributed by atoms with E-state index in [1.165, 1.54) is 12.1 Å². The van der Waals surface area contributed by atoms with E-state index in [0.29, 0.717) is 0 Å². The molecule has 0 spiro atoms. The van der Waals surface area contributed by atoms with Gasteiger partial charge in [0.1, 0.15) is 23.3 Å². The Morgan fingerprint density at radius 1 is 0.941 bits per heavy atom. The van der Waals surface area contributed by atoms with Gasteiger partial charge in [0.2, 0.25) is 0 Å². The molecule has 17 heavy (non-hydrogen) atoms. The molecule has 0 aliphatic carbocycles. The van der Waals surface area contributed by atoms with Gasteiger partial charge in [-0.15, -0.1) is 11.8 Å². The van der Waals surface area contributed by atoms with Crippen LogP contribution in [0.5, 0.6) is 0 Å². The summed E-state index contributed by atoms with van der Waals surface area (Å²) in [7, 11) is 0. The zero-order valence-corrected chi connectivity index (χ0v) is 9.83. The van der Waals surface area contributed by atoms with Crippen LogP contribution in [0.4, 0.5) is 13.2 Å². The van der Waals surface area contributed by atoms with E-state index in [1.807, 2.05) is 0 Å². The third-order valence-corrected chi connectivity index (χ3v) is 2.95. The van der Waals surface area contributed by atoms with Crippen LogP contribution < -0.4 is 0 Å². The van der Waals surface area contributed by atoms with Gasteiger partial charge in [-0.25, -0.2) is 13.2 Å². The minimum absolute atomic E-state index is 0.150. The van der Waals surface area contributed by atoms with Crippen molar-refractivity contribution in [2.75, 3.05) is 0 Å². The third kappa shape index (κ3) is 2.37. The number of hydrogen-bond donors (Lipinski definition) is 0. The Labute approximate surface area is 101 Å². The Balaban J connectivity index is 3.63. The molecule has 0 fully saturated rings. The van der Waals surface area contributed by atoms with E-state index in [9.17, 15) is 13.2 Å². The van der Waals surface area contributed by atoms with E-state index in [-0.39, 0.29) is 5.25 Å². The fourth-order valence-electron chi connectivity index (χ4n) is 1.18. The molecule has 6 heteroatoms. The maximum atomic E-state index is 13.6. The molecule has 2 nitrogen and oxygen atoms in total. The lowest BCUT2D eigenvalue weighted by molar-refractivity contribution is 0.471. The van der Waals surface area contributed by atoms with Crippen molar-refractivity contribution in [2.24, 2.45) is 0 Å².